The van der Waals surface area contributed by atoms with Crippen molar-refractivity contribution in [3.8, 4) is 0 Å². The van der Waals surface area contributed by atoms with Gasteiger partial charge in [-0.3, -0.25) is 0 Å². The summed E-state index contributed by atoms with van der Waals surface area (Å²) in [5, 5.41) is 2.73. The van der Waals surface area contributed by atoms with Gasteiger partial charge in [0, 0.05) is 6.04 Å². The number of nitrogens with zero attached hydrogens (tertiary/aromatic N) is 1. The zero-order valence-electron chi connectivity index (χ0n) is 12.0. The third-order valence-corrected chi connectivity index (χ3v) is 4.50. The van der Waals surface area contributed by atoms with Gasteiger partial charge in [-0.05, 0) is 62.0 Å². The van der Waals surface area contributed by atoms with Crippen LogP contribution in [0.3, 0.4) is 0 Å². The average Bonchev–Trinajstić information content (AvgIpc) is 2.47. The van der Waals surface area contributed by atoms with Crippen LogP contribution in [0.15, 0.2) is 42.5 Å². The minimum absolute atomic E-state index is 0.692. The van der Waals surface area contributed by atoms with Crippen LogP contribution in [-0.2, 0) is 0 Å². The molecule has 100 valence electrons. The lowest BCUT2D eigenvalue weighted by molar-refractivity contribution is 0.172. The highest BCUT2D eigenvalue weighted by molar-refractivity contribution is 5.83. The lowest BCUT2D eigenvalue weighted by atomic mass is 9.88. The summed E-state index contributed by atoms with van der Waals surface area (Å²) < 4.78 is 0. The van der Waals surface area contributed by atoms with Crippen LogP contribution in [0, 0.1) is 0 Å². The van der Waals surface area contributed by atoms with Gasteiger partial charge in [0.25, 0.3) is 0 Å². The molecule has 0 unspecified atom stereocenters. The van der Waals surface area contributed by atoms with E-state index in [1.807, 2.05) is 0 Å². The van der Waals surface area contributed by atoms with Gasteiger partial charge in [0.1, 0.15) is 0 Å². The second-order valence-corrected chi connectivity index (χ2v) is 6.01. The van der Waals surface area contributed by atoms with Crippen LogP contribution in [0.25, 0.3) is 10.8 Å². The van der Waals surface area contributed by atoms with Gasteiger partial charge >= 0.3 is 0 Å². The predicted octanol–water partition coefficient (Wildman–Crippen LogP) is 4.43. The van der Waals surface area contributed by atoms with Gasteiger partial charge in [-0.25, -0.2) is 0 Å². The molecule has 1 heteroatoms. The Balaban J connectivity index is 1.78. The van der Waals surface area contributed by atoms with Crippen molar-refractivity contribution in [2.45, 2.75) is 38.6 Å². The zero-order valence-corrected chi connectivity index (χ0v) is 12.0. The second-order valence-electron chi connectivity index (χ2n) is 6.01. The van der Waals surface area contributed by atoms with Crippen molar-refractivity contribution >= 4 is 10.8 Å². The Kier molecular flexibility index (Phi) is 3.56. The summed E-state index contributed by atoms with van der Waals surface area (Å²) in [6.45, 7) is 7.09. The van der Waals surface area contributed by atoms with Crippen LogP contribution in [0.2, 0.25) is 0 Å². The monoisotopic (exact) mass is 253 g/mol. The SMILES string of the molecule is CC(C)N1CCC(c2ccc3ccccc3c2)CC1. The maximum atomic E-state index is 2.59. The van der Waals surface area contributed by atoms with Crippen LogP contribution < -0.4 is 0 Å². The van der Waals surface area contributed by atoms with E-state index in [-0.39, 0.29) is 0 Å². The molecule has 1 nitrogen and oxygen atoms in total. The van der Waals surface area contributed by atoms with Crippen LogP contribution in [0.4, 0.5) is 0 Å². The molecule has 19 heavy (non-hydrogen) atoms. The van der Waals surface area contributed by atoms with Crippen molar-refractivity contribution in [3.05, 3.63) is 48.0 Å². The molecule has 0 atom stereocenters. The van der Waals surface area contributed by atoms with E-state index in [2.05, 4.69) is 61.2 Å². The lowest BCUT2D eigenvalue weighted by Crippen LogP contribution is -2.37. The Morgan fingerprint density at radius 1 is 0.947 bits per heavy atom. The van der Waals surface area contributed by atoms with E-state index in [0.717, 1.165) is 5.92 Å². The highest BCUT2D eigenvalue weighted by atomic mass is 15.1. The molecular formula is C18H23N. The molecule has 1 saturated heterocycles. The Morgan fingerprint density at radius 2 is 1.63 bits per heavy atom. The van der Waals surface area contributed by atoms with E-state index in [9.17, 15) is 0 Å². The van der Waals surface area contributed by atoms with Gasteiger partial charge in [-0.2, -0.15) is 0 Å². The molecule has 1 heterocycles. The van der Waals surface area contributed by atoms with E-state index >= 15 is 0 Å². The summed E-state index contributed by atoms with van der Waals surface area (Å²) in [5.41, 5.74) is 1.53. The van der Waals surface area contributed by atoms with Crippen molar-refractivity contribution in [1.29, 1.82) is 0 Å². The number of likely N-dealkylation sites (tertiary alicyclic amines) is 1. The molecule has 1 aliphatic heterocycles. The number of piperidine rings is 1. The molecule has 0 aliphatic carbocycles. The summed E-state index contributed by atoms with van der Waals surface area (Å²) in [6.07, 6.45) is 2.60. The Morgan fingerprint density at radius 3 is 2.32 bits per heavy atom. The molecule has 0 amide bonds. The quantitative estimate of drug-likeness (QED) is 0.765. The van der Waals surface area contributed by atoms with E-state index in [4.69, 9.17) is 0 Å². The summed E-state index contributed by atoms with van der Waals surface area (Å²) >= 11 is 0. The maximum absolute atomic E-state index is 2.59. The summed E-state index contributed by atoms with van der Waals surface area (Å²) in [6, 6.07) is 16.4. The lowest BCUT2D eigenvalue weighted by Gasteiger charge is -2.34. The molecule has 2 aromatic carbocycles. The molecule has 0 spiro atoms. The molecule has 0 N–H and O–H groups in total. The number of benzene rings is 2. The average molecular weight is 253 g/mol. The van der Waals surface area contributed by atoms with Crippen molar-refractivity contribution in [2.75, 3.05) is 13.1 Å². The third kappa shape index (κ3) is 2.66. The van der Waals surface area contributed by atoms with Crippen molar-refractivity contribution in [1.82, 2.24) is 4.90 Å². The second kappa shape index (κ2) is 5.34. The van der Waals surface area contributed by atoms with Crippen LogP contribution in [0.1, 0.15) is 38.2 Å². The summed E-state index contributed by atoms with van der Waals surface area (Å²) in [7, 11) is 0. The summed E-state index contributed by atoms with van der Waals surface area (Å²) in [4.78, 5) is 2.59. The Hall–Kier alpha value is -1.34. The standard InChI is InChI=1S/C18H23N/c1-14(2)19-11-9-16(10-12-19)18-8-7-15-5-3-4-6-17(15)13-18/h3-8,13-14,16H,9-12H2,1-2H3. The first-order valence-electron chi connectivity index (χ1n) is 7.47. The molecule has 1 fully saturated rings. The molecule has 0 bridgehead atoms. The van der Waals surface area contributed by atoms with Gasteiger partial charge in [0.05, 0.1) is 0 Å². The van der Waals surface area contributed by atoms with Gasteiger partial charge in [0.2, 0.25) is 0 Å². The minimum Gasteiger partial charge on any atom is -0.301 e. The highest BCUT2D eigenvalue weighted by Gasteiger charge is 2.21. The Labute approximate surface area is 116 Å². The number of hydrogen-bond acceptors (Lipinski definition) is 1. The maximum Gasteiger partial charge on any atom is 0.00385 e. The first kappa shape index (κ1) is 12.7. The van der Waals surface area contributed by atoms with E-state index in [0.29, 0.717) is 6.04 Å². The van der Waals surface area contributed by atoms with E-state index < -0.39 is 0 Å². The largest absolute Gasteiger partial charge is 0.301 e. The number of fused-ring (bicyclic) bond motifs is 1. The van der Waals surface area contributed by atoms with E-state index in [1.165, 1.54) is 42.3 Å². The fourth-order valence-electron chi connectivity index (χ4n) is 3.21. The van der Waals surface area contributed by atoms with Gasteiger partial charge in [-0.1, -0.05) is 42.5 Å². The first-order chi connectivity index (χ1) is 9.24. The predicted molar refractivity (Wildman–Crippen MR) is 82.6 cm³/mol. The van der Waals surface area contributed by atoms with Crippen molar-refractivity contribution in [2.24, 2.45) is 0 Å². The molecule has 0 saturated carbocycles. The zero-order chi connectivity index (χ0) is 13.2. The molecule has 1 aliphatic rings. The van der Waals surface area contributed by atoms with Crippen LogP contribution in [0.5, 0.6) is 0 Å². The number of hydrogen-bond donors (Lipinski definition) is 0. The molecular weight excluding hydrogens is 230 g/mol. The van der Waals surface area contributed by atoms with Gasteiger partial charge in [-0.15, -0.1) is 0 Å². The van der Waals surface area contributed by atoms with Gasteiger partial charge < -0.3 is 4.90 Å². The topological polar surface area (TPSA) is 3.24 Å². The molecule has 0 radical (unpaired) electrons. The smallest absolute Gasteiger partial charge is 0.00385 e. The summed E-state index contributed by atoms with van der Waals surface area (Å²) in [5.74, 6) is 0.750. The van der Waals surface area contributed by atoms with Crippen LogP contribution in [-0.4, -0.2) is 24.0 Å². The first-order valence-corrected chi connectivity index (χ1v) is 7.47. The molecule has 0 aromatic heterocycles. The van der Waals surface area contributed by atoms with E-state index in [1.54, 1.807) is 0 Å². The highest BCUT2D eigenvalue weighted by Crippen LogP contribution is 2.30. The Bertz CT molecular complexity index is 550. The van der Waals surface area contributed by atoms with Crippen molar-refractivity contribution in [3.63, 3.8) is 0 Å². The molecule has 3 rings (SSSR count). The number of rotatable bonds is 2. The van der Waals surface area contributed by atoms with Crippen molar-refractivity contribution < 1.29 is 0 Å². The van der Waals surface area contributed by atoms with Gasteiger partial charge in [0.15, 0.2) is 0 Å². The molecule has 2 aromatic rings. The normalized spacial score (nSPS) is 18.3. The fourth-order valence-corrected chi connectivity index (χ4v) is 3.21. The third-order valence-electron chi connectivity index (χ3n) is 4.50. The van der Waals surface area contributed by atoms with Crippen LogP contribution >= 0.6 is 0 Å². The minimum atomic E-state index is 0.692. The fraction of sp³-hybridized carbons (Fsp3) is 0.444.